The van der Waals surface area contributed by atoms with Crippen LogP contribution in [0.5, 0.6) is 11.5 Å². The van der Waals surface area contributed by atoms with Crippen molar-refractivity contribution in [3.8, 4) is 23.0 Å². The van der Waals surface area contributed by atoms with Gasteiger partial charge < -0.3 is 23.7 Å². The van der Waals surface area contributed by atoms with Crippen molar-refractivity contribution in [1.29, 1.82) is 0 Å². The first-order valence-electron chi connectivity index (χ1n) is 7.63. The SMILES string of the molecule is COc1ccc(CNC(=O)c2c(-c3ccco3)noc2C)cc1OC. The predicted molar refractivity (Wildman–Crippen MR) is 89.7 cm³/mol. The van der Waals surface area contributed by atoms with E-state index in [1.54, 1.807) is 39.3 Å². The van der Waals surface area contributed by atoms with Crippen LogP contribution in [0.4, 0.5) is 0 Å². The Bertz CT molecular complexity index is 868. The fourth-order valence-electron chi connectivity index (χ4n) is 2.48. The summed E-state index contributed by atoms with van der Waals surface area (Å²) in [5, 5.41) is 6.77. The van der Waals surface area contributed by atoms with Crippen LogP contribution < -0.4 is 14.8 Å². The number of nitrogens with zero attached hydrogens (tertiary/aromatic N) is 1. The van der Waals surface area contributed by atoms with Gasteiger partial charge in [0.15, 0.2) is 23.0 Å². The standard InChI is InChI=1S/C18H18N2O5/c1-11-16(17(20-25-11)14-5-4-8-24-14)18(21)19-10-12-6-7-13(22-2)15(9-12)23-3/h4-9H,10H2,1-3H3,(H,19,21). The van der Waals surface area contributed by atoms with Crippen LogP contribution in [-0.4, -0.2) is 25.3 Å². The van der Waals surface area contributed by atoms with E-state index < -0.39 is 0 Å². The Hall–Kier alpha value is -3.22. The molecule has 1 amide bonds. The number of methoxy groups -OCH3 is 2. The molecular weight excluding hydrogens is 324 g/mol. The lowest BCUT2D eigenvalue weighted by Crippen LogP contribution is -2.23. The topological polar surface area (TPSA) is 86.7 Å². The zero-order chi connectivity index (χ0) is 17.8. The van der Waals surface area contributed by atoms with Crippen molar-refractivity contribution in [2.45, 2.75) is 13.5 Å². The van der Waals surface area contributed by atoms with E-state index in [9.17, 15) is 4.79 Å². The third kappa shape index (κ3) is 3.35. The molecule has 1 N–H and O–H groups in total. The van der Waals surface area contributed by atoms with E-state index in [-0.39, 0.29) is 5.91 Å². The average Bonchev–Trinajstić information content (AvgIpc) is 3.28. The van der Waals surface area contributed by atoms with Gasteiger partial charge in [-0.25, -0.2) is 0 Å². The summed E-state index contributed by atoms with van der Waals surface area (Å²) in [4.78, 5) is 12.6. The predicted octanol–water partition coefficient (Wildman–Crippen LogP) is 3.19. The lowest BCUT2D eigenvalue weighted by molar-refractivity contribution is 0.0949. The second-order valence-electron chi connectivity index (χ2n) is 5.31. The Morgan fingerprint density at radius 2 is 2.00 bits per heavy atom. The highest BCUT2D eigenvalue weighted by Crippen LogP contribution is 2.28. The van der Waals surface area contributed by atoms with E-state index in [1.807, 2.05) is 12.1 Å². The maximum absolute atomic E-state index is 12.6. The molecule has 0 saturated heterocycles. The Kier molecular flexibility index (Phi) is 4.74. The third-order valence-electron chi connectivity index (χ3n) is 3.75. The molecule has 3 aromatic rings. The third-order valence-corrected chi connectivity index (χ3v) is 3.75. The van der Waals surface area contributed by atoms with Gasteiger partial charge >= 0.3 is 0 Å². The molecule has 3 rings (SSSR count). The second-order valence-corrected chi connectivity index (χ2v) is 5.31. The fraction of sp³-hybridized carbons (Fsp3) is 0.222. The van der Waals surface area contributed by atoms with E-state index >= 15 is 0 Å². The normalized spacial score (nSPS) is 10.5. The molecular formula is C18H18N2O5. The highest BCUT2D eigenvalue weighted by atomic mass is 16.5. The molecule has 0 fully saturated rings. The Balaban J connectivity index is 1.77. The average molecular weight is 342 g/mol. The van der Waals surface area contributed by atoms with Gasteiger partial charge in [-0.2, -0.15) is 0 Å². The largest absolute Gasteiger partial charge is 0.493 e. The van der Waals surface area contributed by atoms with E-state index in [2.05, 4.69) is 10.5 Å². The van der Waals surface area contributed by atoms with Crippen molar-refractivity contribution in [3.05, 3.63) is 53.5 Å². The summed E-state index contributed by atoms with van der Waals surface area (Å²) in [5.41, 5.74) is 1.61. The number of ether oxygens (including phenoxy) is 2. The lowest BCUT2D eigenvalue weighted by atomic mass is 10.1. The van der Waals surface area contributed by atoms with Crippen molar-refractivity contribution < 1.29 is 23.2 Å². The number of furan rings is 1. The summed E-state index contributed by atoms with van der Waals surface area (Å²) in [7, 11) is 3.14. The van der Waals surface area contributed by atoms with Gasteiger partial charge in [0, 0.05) is 6.54 Å². The minimum Gasteiger partial charge on any atom is -0.493 e. The number of aromatic nitrogens is 1. The first-order valence-corrected chi connectivity index (χ1v) is 7.63. The molecule has 0 unspecified atom stereocenters. The smallest absolute Gasteiger partial charge is 0.257 e. The monoisotopic (exact) mass is 342 g/mol. The van der Waals surface area contributed by atoms with Crippen LogP contribution in [0.3, 0.4) is 0 Å². The van der Waals surface area contributed by atoms with Gasteiger partial charge in [-0.3, -0.25) is 4.79 Å². The quantitative estimate of drug-likeness (QED) is 0.740. The molecule has 0 aliphatic heterocycles. The van der Waals surface area contributed by atoms with Gasteiger partial charge in [0.25, 0.3) is 5.91 Å². The zero-order valence-electron chi connectivity index (χ0n) is 14.2. The maximum Gasteiger partial charge on any atom is 0.257 e. The van der Waals surface area contributed by atoms with Gasteiger partial charge in [0.2, 0.25) is 0 Å². The van der Waals surface area contributed by atoms with Crippen LogP contribution in [0.2, 0.25) is 0 Å². The van der Waals surface area contributed by atoms with E-state index in [0.717, 1.165) is 5.56 Å². The molecule has 0 aliphatic rings. The first kappa shape index (κ1) is 16.6. The van der Waals surface area contributed by atoms with Crippen molar-refractivity contribution in [2.75, 3.05) is 14.2 Å². The number of aryl methyl sites for hydroxylation is 1. The minimum atomic E-state index is -0.292. The fourth-order valence-corrected chi connectivity index (χ4v) is 2.48. The molecule has 0 atom stereocenters. The van der Waals surface area contributed by atoms with E-state index in [1.165, 1.54) is 6.26 Å². The van der Waals surface area contributed by atoms with Gasteiger partial charge in [0.1, 0.15) is 11.3 Å². The van der Waals surface area contributed by atoms with Crippen LogP contribution in [0.15, 0.2) is 45.5 Å². The molecule has 0 aliphatic carbocycles. The molecule has 2 aromatic heterocycles. The Morgan fingerprint density at radius 3 is 2.68 bits per heavy atom. The van der Waals surface area contributed by atoms with Gasteiger partial charge in [-0.1, -0.05) is 11.2 Å². The van der Waals surface area contributed by atoms with Crippen LogP contribution in [-0.2, 0) is 6.54 Å². The number of rotatable bonds is 6. The number of amides is 1. The van der Waals surface area contributed by atoms with E-state index in [4.69, 9.17) is 18.4 Å². The summed E-state index contributed by atoms with van der Waals surface area (Å²) in [6.45, 7) is 2.01. The van der Waals surface area contributed by atoms with Crippen molar-refractivity contribution in [3.63, 3.8) is 0 Å². The first-order chi connectivity index (χ1) is 12.1. The summed E-state index contributed by atoms with van der Waals surface area (Å²) >= 11 is 0. The number of hydrogen-bond acceptors (Lipinski definition) is 6. The van der Waals surface area contributed by atoms with Crippen LogP contribution in [0, 0.1) is 6.92 Å². The van der Waals surface area contributed by atoms with Crippen molar-refractivity contribution in [1.82, 2.24) is 10.5 Å². The van der Waals surface area contributed by atoms with Gasteiger partial charge in [-0.15, -0.1) is 0 Å². The summed E-state index contributed by atoms with van der Waals surface area (Å²) in [6, 6.07) is 8.91. The number of carbonyl (C=O) groups excluding carboxylic acids is 1. The van der Waals surface area contributed by atoms with Crippen molar-refractivity contribution in [2.24, 2.45) is 0 Å². The maximum atomic E-state index is 12.6. The molecule has 1 aromatic carbocycles. The number of nitrogens with one attached hydrogen (secondary N) is 1. The minimum absolute atomic E-state index is 0.292. The van der Waals surface area contributed by atoms with Crippen LogP contribution in [0.1, 0.15) is 21.7 Å². The molecule has 7 heteroatoms. The van der Waals surface area contributed by atoms with Crippen molar-refractivity contribution >= 4 is 5.91 Å². The van der Waals surface area contributed by atoms with Crippen LogP contribution >= 0.6 is 0 Å². The molecule has 0 radical (unpaired) electrons. The highest BCUT2D eigenvalue weighted by Gasteiger charge is 2.23. The van der Waals surface area contributed by atoms with Crippen LogP contribution in [0.25, 0.3) is 11.5 Å². The molecule has 0 bridgehead atoms. The molecule has 2 heterocycles. The summed E-state index contributed by atoms with van der Waals surface area (Å²) in [5.74, 6) is 1.85. The number of carbonyl (C=O) groups is 1. The molecule has 7 nitrogen and oxygen atoms in total. The Morgan fingerprint density at radius 1 is 1.20 bits per heavy atom. The number of benzene rings is 1. The highest BCUT2D eigenvalue weighted by molar-refractivity contribution is 6.00. The second kappa shape index (κ2) is 7.12. The molecule has 130 valence electrons. The zero-order valence-corrected chi connectivity index (χ0v) is 14.2. The molecule has 25 heavy (non-hydrogen) atoms. The van der Waals surface area contributed by atoms with Gasteiger partial charge in [-0.05, 0) is 36.8 Å². The molecule has 0 saturated carbocycles. The van der Waals surface area contributed by atoms with Gasteiger partial charge in [0.05, 0.1) is 20.5 Å². The lowest BCUT2D eigenvalue weighted by Gasteiger charge is -2.10. The summed E-state index contributed by atoms with van der Waals surface area (Å²) < 4.78 is 20.9. The van der Waals surface area contributed by atoms with E-state index in [0.29, 0.717) is 40.8 Å². The Labute approximate surface area is 144 Å². The number of hydrogen-bond donors (Lipinski definition) is 1. The molecule has 0 spiro atoms. The summed E-state index contributed by atoms with van der Waals surface area (Å²) in [6.07, 6.45) is 1.52.